The second-order valence-corrected chi connectivity index (χ2v) is 3.95. The zero-order valence-electron chi connectivity index (χ0n) is 9.74. The molecular weight excluding hydrogens is 240 g/mol. The average Bonchev–Trinajstić information content (AvgIpc) is 2.93. The molecule has 2 rings (SSSR count). The van der Waals surface area contributed by atoms with Gasteiger partial charge in [-0.2, -0.15) is 0 Å². The summed E-state index contributed by atoms with van der Waals surface area (Å²) in [6.07, 6.45) is 0.364. The molecule has 2 aliphatic rings. The van der Waals surface area contributed by atoms with Crippen LogP contribution in [0.1, 0.15) is 0 Å². The topological polar surface area (TPSA) is 71.1 Å². The lowest BCUT2D eigenvalue weighted by atomic mass is 10.1. The molecule has 0 aromatic rings. The minimum atomic E-state index is -0.528. The second kappa shape index (κ2) is 5.32. The summed E-state index contributed by atoms with van der Waals surface area (Å²) in [5, 5.41) is 0. The molecule has 1 unspecified atom stereocenters. The number of carbonyl (C=O) groups is 2. The van der Waals surface area contributed by atoms with E-state index in [0.29, 0.717) is 0 Å². The Bertz CT molecular complexity index is 341. The van der Waals surface area contributed by atoms with Crippen molar-refractivity contribution in [2.45, 2.75) is 24.4 Å². The van der Waals surface area contributed by atoms with Crippen LogP contribution >= 0.6 is 0 Å². The van der Waals surface area contributed by atoms with Gasteiger partial charge in [-0.3, -0.25) is 0 Å². The first-order valence-corrected chi connectivity index (χ1v) is 5.55. The lowest BCUT2D eigenvalue weighted by Gasteiger charge is -2.16. The predicted molar refractivity (Wildman–Crippen MR) is 59.6 cm³/mol. The van der Waals surface area contributed by atoms with Crippen LogP contribution in [0.25, 0.3) is 0 Å². The van der Waals surface area contributed by atoms with Gasteiger partial charge in [-0.15, -0.1) is 0 Å². The Morgan fingerprint density at radius 1 is 0.944 bits per heavy atom. The van der Waals surface area contributed by atoms with E-state index in [1.165, 1.54) is 0 Å². The molecule has 0 spiro atoms. The van der Waals surface area contributed by atoms with Crippen molar-refractivity contribution in [1.29, 1.82) is 0 Å². The number of esters is 2. The Morgan fingerprint density at radius 3 is 1.67 bits per heavy atom. The smallest absolute Gasteiger partial charge is 0.330 e. The van der Waals surface area contributed by atoms with Gasteiger partial charge in [-0.25, -0.2) is 9.59 Å². The third-order valence-electron chi connectivity index (χ3n) is 2.83. The highest BCUT2D eigenvalue weighted by atomic mass is 16.7. The van der Waals surface area contributed by atoms with Crippen LogP contribution in [-0.4, -0.2) is 49.6 Å². The molecule has 6 nitrogen and oxygen atoms in total. The van der Waals surface area contributed by atoms with Gasteiger partial charge in [-0.1, -0.05) is 13.2 Å². The monoisotopic (exact) mass is 254 g/mol. The van der Waals surface area contributed by atoms with Crippen molar-refractivity contribution >= 4 is 11.9 Å². The fraction of sp³-hybridized carbons (Fsp3) is 0.500. The Hall–Kier alpha value is -1.66. The molecule has 0 amide bonds. The Balaban J connectivity index is 1.94. The molecule has 2 saturated heterocycles. The van der Waals surface area contributed by atoms with Crippen LogP contribution in [0, 0.1) is 0 Å². The van der Waals surface area contributed by atoms with Crippen molar-refractivity contribution < 1.29 is 28.5 Å². The molecule has 2 fully saturated rings. The predicted octanol–water partition coefficient (Wildman–Crippen LogP) is -0.0204. The van der Waals surface area contributed by atoms with E-state index in [-0.39, 0.29) is 13.2 Å². The van der Waals surface area contributed by atoms with E-state index >= 15 is 0 Å². The van der Waals surface area contributed by atoms with Crippen LogP contribution in [0.5, 0.6) is 0 Å². The summed E-state index contributed by atoms with van der Waals surface area (Å²) in [6.45, 7) is 7.07. The maximum absolute atomic E-state index is 11.1. The van der Waals surface area contributed by atoms with Crippen LogP contribution in [0.2, 0.25) is 0 Å². The van der Waals surface area contributed by atoms with Crippen LogP contribution in [0.15, 0.2) is 25.3 Å². The molecule has 0 aliphatic carbocycles. The van der Waals surface area contributed by atoms with E-state index in [9.17, 15) is 9.59 Å². The summed E-state index contributed by atoms with van der Waals surface area (Å²) in [5.41, 5.74) is 0. The van der Waals surface area contributed by atoms with Crippen molar-refractivity contribution in [2.75, 3.05) is 13.2 Å². The quantitative estimate of drug-likeness (QED) is 0.518. The lowest BCUT2D eigenvalue weighted by Crippen LogP contribution is -2.35. The van der Waals surface area contributed by atoms with E-state index in [0.717, 1.165) is 12.2 Å². The highest BCUT2D eigenvalue weighted by molar-refractivity contribution is 5.81. The SMILES string of the molecule is C=CC(=O)O[C@H]1COC2[C@H](OC(=O)C=C)CO[C@@H]21. The molecule has 2 aliphatic heterocycles. The maximum Gasteiger partial charge on any atom is 0.330 e. The summed E-state index contributed by atoms with van der Waals surface area (Å²) in [4.78, 5) is 22.2. The maximum atomic E-state index is 11.1. The number of carbonyl (C=O) groups excluding carboxylic acids is 2. The van der Waals surface area contributed by atoms with Gasteiger partial charge in [0.2, 0.25) is 0 Å². The highest BCUT2D eigenvalue weighted by Crippen LogP contribution is 2.30. The normalized spacial score (nSPS) is 33.6. The van der Waals surface area contributed by atoms with E-state index in [2.05, 4.69) is 13.2 Å². The molecule has 2 heterocycles. The van der Waals surface area contributed by atoms with Gasteiger partial charge in [0, 0.05) is 12.2 Å². The van der Waals surface area contributed by atoms with Crippen LogP contribution < -0.4 is 0 Å². The van der Waals surface area contributed by atoms with Gasteiger partial charge < -0.3 is 18.9 Å². The van der Waals surface area contributed by atoms with Crippen molar-refractivity contribution in [2.24, 2.45) is 0 Å². The first-order valence-electron chi connectivity index (χ1n) is 5.55. The number of ether oxygens (including phenoxy) is 4. The Kier molecular flexibility index (Phi) is 3.78. The standard InChI is InChI=1S/C12H14O6/c1-3-9(13)17-7-5-15-12-8(6-16-11(7)12)18-10(14)4-2/h3-4,7-8,11-12H,1-2,5-6H2/t7-,8+,11+,12?/m0/s1. The molecule has 0 radical (unpaired) electrons. The van der Waals surface area contributed by atoms with E-state index in [4.69, 9.17) is 18.9 Å². The third kappa shape index (κ3) is 2.44. The largest absolute Gasteiger partial charge is 0.454 e. The Morgan fingerprint density at radius 2 is 1.33 bits per heavy atom. The number of hydrogen-bond acceptors (Lipinski definition) is 6. The second-order valence-electron chi connectivity index (χ2n) is 3.95. The molecular formula is C12H14O6. The molecule has 18 heavy (non-hydrogen) atoms. The summed E-state index contributed by atoms with van der Waals surface area (Å²) >= 11 is 0. The van der Waals surface area contributed by atoms with Gasteiger partial charge in [0.1, 0.15) is 12.2 Å². The molecule has 4 atom stereocenters. The van der Waals surface area contributed by atoms with Crippen LogP contribution in [0.4, 0.5) is 0 Å². The Labute approximate surface area is 104 Å². The number of fused-ring (bicyclic) bond motifs is 1. The highest BCUT2D eigenvalue weighted by Gasteiger charge is 2.50. The number of hydrogen-bond donors (Lipinski definition) is 0. The van der Waals surface area contributed by atoms with Gasteiger partial charge in [0.25, 0.3) is 0 Å². The van der Waals surface area contributed by atoms with Crippen molar-refractivity contribution in [3.8, 4) is 0 Å². The first-order chi connectivity index (χ1) is 8.65. The van der Waals surface area contributed by atoms with Crippen molar-refractivity contribution in [3.63, 3.8) is 0 Å². The first kappa shape index (κ1) is 12.8. The molecule has 0 aromatic carbocycles. The summed E-state index contributed by atoms with van der Waals surface area (Å²) in [7, 11) is 0. The van der Waals surface area contributed by atoms with E-state index in [1.807, 2.05) is 0 Å². The van der Waals surface area contributed by atoms with E-state index in [1.54, 1.807) is 0 Å². The molecule has 0 aromatic heterocycles. The molecule has 0 bridgehead atoms. The van der Waals surface area contributed by atoms with Gasteiger partial charge >= 0.3 is 11.9 Å². The van der Waals surface area contributed by atoms with Crippen LogP contribution in [-0.2, 0) is 28.5 Å². The molecule has 6 heteroatoms. The zero-order chi connectivity index (χ0) is 13.1. The van der Waals surface area contributed by atoms with Crippen molar-refractivity contribution in [3.05, 3.63) is 25.3 Å². The minimum absolute atomic E-state index is 0.219. The van der Waals surface area contributed by atoms with Crippen LogP contribution in [0.3, 0.4) is 0 Å². The average molecular weight is 254 g/mol. The summed E-state index contributed by atoms with van der Waals surface area (Å²) < 4.78 is 21.1. The summed E-state index contributed by atoms with van der Waals surface area (Å²) in [5.74, 6) is -1.06. The fourth-order valence-corrected chi connectivity index (χ4v) is 2.03. The summed E-state index contributed by atoms with van der Waals surface area (Å²) in [6, 6.07) is 0. The number of rotatable bonds is 4. The minimum Gasteiger partial charge on any atom is -0.454 e. The third-order valence-corrected chi connectivity index (χ3v) is 2.83. The lowest BCUT2D eigenvalue weighted by molar-refractivity contribution is -0.149. The molecule has 0 N–H and O–H groups in total. The van der Waals surface area contributed by atoms with Crippen molar-refractivity contribution in [1.82, 2.24) is 0 Å². The fourth-order valence-electron chi connectivity index (χ4n) is 2.03. The molecule has 0 saturated carbocycles. The van der Waals surface area contributed by atoms with E-state index < -0.39 is 36.4 Å². The zero-order valence-corrected chi connectivity index (χ0v) is 9.74. The van der Waals surface area contributed by atoms with Gasteiger partial charge in [0.15, 0.2) is 12.2 Å². The molecule has 98 valence electrons. The van der Waals surface area contributed by atoms with Gasteiger partial charge in [-0.05, 0) is 0 Å². The van der Waals surface area contributed by atoms with Gasteiger partial charge in [0.05, 0.1) is 13.2 Å².